The smallest absolute Gasteiger partial charge is 0.335 e. The molecule has 2 rings (SSSR count). The van der Waals surface area contributed by atoms with Gasteiger partial charge in [0.2, 0.25) is 5.91 Å². The summed E-state index contributed by atoms with van der Waals surface area (Å²) in [4.78, 5) is 27.5. The van der Waals surface area contributed by atoms with Crippen LogP contribution in [-0.2, 0) is 11.0 Å². The predicted octanol–water partition coefficient (Wildman–Crippen LogP) is 4.00. The van der Waals surface area contributed by atoms with E-state index in [1.807, 2.05) is 0 Å². The number of imide groups is 1. The lowest BCUT2D eigenvalue weighted by molar-refractivity contribution is -0.137. The number of rotatable bonds is 4. The summed E-state index contributed by atoms with van der Waals surface area (Å²) >= 11 is 6.69. The van der Waals surface area contributed by atoms with E-state index >= 15 is 0 Å². The van der Waals surface area contributed by atoms with Gasteiger partial charge in [0.15, 0.2) is 0 Å². The van der Waals surface area contributed by atoms with Crippen LogP contribution in [0.1, 0.15) is 38.2 Å². The molecular weight excluding hydrogens is 379 g/mol. The van der Waals surface area contributed by atoms with Gasteiger partial charge < -0.3 is 5.32 Å². The summed E-state index contributed by atoms with van der Waals surface area (Å²) in [6, 6.07) is 0.256. The lowest BCUT2D eigenvalue weighted by atomic mass is 10.2. The third-order valence-corrected chi connectivity index (χ3v) is 5.24. The summed E-state index contributed by atoms with van der Waals surface area (Å²) in [5, 5.41) is 4.08. The second-order valence-electron chi connectivity index (χ2n) is 5.71. The Kier molecular flexibility index (Phi) is 6.56. The Hall–Kier alpha value is -1.48. The minimum Gasteiger partial charge on any atom is -0.335 e. The maximum Gasteiger partial charge on any atom is 0.417 e. The number of halogens is 4. The zero-order valence-electron chi connectivity index (χ0n) is 13.3. The van der Waals surface area contributed by atoms with Gasteiger partial charge in [-0.2, -0.15) is 13.2 Å². The van der Waals surface area contributed by atoms with Gasteiger partial charge in [0.1, 0.15) is 5.03 Å². The van der Waals surface area contributed by atoms with Gasteiger partial charge in [-0.25, -0.2) is 9.78 Å². The molecule has 0 radical (unpaired) electrons. The monoisotopic (exact) mass is 395 g/mol. The summed E-state index contributed by atoms with van der Waals surface area (Å²) < 4.78 is 37.8. The zero-order chi connectivity index (χ0) is 18.6. The normalized spacial score (nSPS) is 16.5. The number of pyridine rings is 1. The van der Waals surface area contributed by atoms with Crippen LogP contribution in [0.4, 0.5) is 18.0 Å². The first-order valence-corrected chi connectivity index (χ1v) is 8.93. The zero-order valence-corrected chi connectivity index (χ0v) is 14.9. The number of nitrogens with zero attached hydrogens (tertiary/aromatic N) is 1. The number of carbonyl (C=O) groups is 2. The van der Waals surface area contributed by atoms with E-state index in [0.717, 1.165) is 43.5 Å². The van der Waals surface area contributed by atoms with E-state index in [4.69, 9.17) is 11.6 Å². The SMILES string of the molecule is C[C@H](Sc1ncc(C(F)(F)F)cc1Cl)C(=O)NC(=O)NC1CCCC1. The Morgan fingerprint density at radius 2 is 2.00 bits per heavy atom. The highest BCUT2D eigenvalue weighted by atomic mass is 35.5. The molecule has 0 aliphatic heterocycles. The molecule has 1 aromatic heterocycles. The number of hydrogen-bond donors (Lipinski definition) is 2. The third-order valence-electron chi connectivity index (χ3n) is 3.72. The van der Waals surface area contributed by atoms with Crippen molar-refractivity contribution in [1.29, 1.82) is 0 Å². The molecule has 138 valence electrons. The van der Waals surface area contributed by atoms with Gasteiger partial charge in [-0.3, -0.25) is 10.1 Å². The average molecular weight is 396 g/mol. The first kappa shape index (κ1) is 19.8. The number of nitrogens with one attached hydrogen (secondary N) is 2. The van der Waals surface area contributed by atoms with Crippen LogP contribution in [0.2, 0.25) is 5.02 Å². The van der Waals surface area contributed by atoms with E-state index in [1.54, 1.807) is 0 Å². The summed E-state index contributed by atoms with van der Waals surface area (Å²) in [7, 11) is 0. The molecule has 0 aromatic carbocycles. The molecule has 0 bridgehead atoms. The largest absolute Gasteiger partial charge is 0.417 e. The van der Waals surface area contributed by atoms with Crippen molar-refractivity contribution in [1.82, 2.24) is 15.6 Å². The van der Waals surface area contributed by atoms with Crippen molar-refractivity contribution in [3.63, 3.8) is 0 Å². The molecule has 1 atom stereocenters. The van der Waals surface area contributed by atoms with Gasteiger partial charge in [-0.15, -0.1) is 0 Å². The van der Waals surface area contributed by atoms with E-state index in [9.17, 15) is 22.8 Å². The van der Waals surface area contributed by atoms with Gasteiger partial charge in [-0.1, -0.05) is 36.2 Å². The van der Waals surface area contributed by atoms with E-state index in [1.165, 1.54) is 6.92 Å². The van der Waals surface area contributed by atoms with Gasteiger partial charge >= 0.3 is 12.2 Å². The second-order valence-corrected chi connectivity index (χ2v) is 7.45. The number of thioether (sulfide) groups is 1. The minimum atomic E-state index is -4.54. The molecule has 1 fully saturated rings. The summed E-state index contributed by atoms with van der Waals surface area (Å²) in [6.07, 6.45) is -0.0206. The Bertz CT molecular complexity index is 651. The van der Waals surface area contributed by atoms with Crippen molar-refractivity contribution in [3.05, 3.63) is 22.8 Å². The maximum atomic E-state index is 12.6. The maximum absolute atomic E-state index is 12.6. The van der Waals surface area contributed by atoms with Crippen LogP contribution in [0.25, 0.3) is 0 Å². The Morgan fingerprint density at radius 1 is 1.36 bits per heavy atom. The first-order chi connectivity index (χ1) is 11.7. The van der Waals surface area contributed by atoms with E-state index < -0.39 is 28.9 Å². The minimum absolute atomic E-state index is 0.0711. The highest BCUT2D eigenvalue weighted by Crippen LogP contribution is 2.34. The Balaban J connectivity index is 1.91. The molecule has 0 saturated heterocycles. The van der Waals surface area contributed by atoms with Crippen molar-refractivity contribution in [2.75, 3.05) is 0 Å². The summed E-state index contributed by atoms with van der Waals surface area (Å²) in [6.45, 7) is 1.51. The van der Waals surface area contributed by atoms with E-state index in [2.05, 4.69) is 15.6 Å². The fourth-order valence-electron chi connectivity index (χ4n) is 2.39. The van der Waals surface area contributed by atoms with Crippen LogP contribution in [0, 0.1) is 0 Å². The summed E-state index contributed by atoms with van der Waals surface area (Å²) in [5.74, 6) is -0.571. The Morgan fingerprint density at radius 3 is 2.56 bits per heavy atom. The van der Waals surface area contributed by atoms with Crippen LogP contribution in [0.15, 0.2) is 17.3 Å². The predicted molar refractivity (Wildman–Crippen MR) is 88.5 cm³/mol. The topological polar surface area (TPSA) is 71.1 Å². The number of urea groups is 1. The highest BCUT2D eigenvalue weighted by Gasteiger charge is 2.32. The van der Waals surface area contributed by atoms with Gasteiger partial charge in [-0.05, 0) is 25.8 Å². The number of hydrogen-bond acceptors (Lipinski definition) is 4. The molecule has 25 heavy (non-hydrogen) atoms. The summed E-state index contributed by atoms with van der Waals surface area (Å²) in [5.41, 5.74) is -0.963. The van der Waals surface area contributed by atoms with Crippen molar-refractivity contribution in [2.24, 2.45) is 0 Å². The highest BCUT2D eigenvalue weighted by molar-refractivity contribution is 8.00. The van der Waals surface area contributed by atoms with Crippen molar-refractivity contribution < 1.29 is 22.8 Å². The van der Waals surface area contributed by atoms with Gasteiger partial charge in [0, 0.05) is 12.2 Å². The lowest BCUT2D eigenvalue weighted by Gasteiger charge is -2.15. The Labute approximate surface area is 152 Å². The number of amides is 3. The third kappa shape index (κ3) is 5.78. The van der Waals surface area contributed by atoms with Crippen molar-refractivity contribution in [3.8, 4) is 0 Å². The van der Waals surface area contributed by atoms with Crippen molar-refractivity contribution >= 4 is 35.3 Å². The number of aromatic nitrogens is 1. The van der Waals surface area contributed by atoms with Gasteiger partial charge in [0.25, 0.3) is 0 Å². The molecule has 1 aliphatic rings. The first-order valence-electron chi connectivity index (χ1n) is 7.67. The molecule has 1 aromatic rings. The number of carbonyl (C=O) groups excluding carboxylic acids is 2. The van der Waals surface area contributed by atoms with E-state index in [-0.39, 0.29) is 16.1 Å². The van der Waals surface area contributed by atoms with Crippen LogP contribution >= 0.6 is 23.4 Å². The van der Waals surface area contributed by atoms with Crippen LogP contribution in [-0.4, -0.2) is 28.2 Å². The molecule has 3 amide bonds. The molecule has 1 aliphatic carbocycles. The molecule has 0 spiro atoms. The molecule has 0 unspecified atom stereocenters. The molecule has 10 heteroatoms. The van der Waals surface area contributed by atoms with Crippen LogP contribution < -0.4 is 10.6 Å². The molecule has 2 N–H and O–H groups in total. The van der Waals surface area contributed by atoms with E-state index in [0.29, 0.717) is 6.20 Å². The molecular formula is C15H17ClF3N3O2S. The molecule has 1 heterocycles. The molecule has 1 saturated carbocycles. The fourth-order valence-corrected chi connectivity index (χ4v) is 3.48. The van der Waals surface area contributed by atoms with Crippen molar-refractivity contribution in [2.45, 2.75) is 55.1 Å². The number of alkyl halides is 3. The molecule has 5 nitrogen and oxygen atoms in total. The lowest BCUT2D eigenvalue weighted by Crippen LogP contribution is -2.45. The second kappa shape index (κ2) is 8.27. The van der Waals surface area contributed by atoms with Crippen LogP contribution in [0.5, 0.6) is 0 Å². The van der Waals surface area contributed by atoms with Gasteiger partial charge in [0.05, 0.1) is 15.8 Å². The standard InChI is InChI=1S/C15H17ClF3N3O2S/c1-8(12(23)22-14(24)21-10-4-2-3-5-10)25-13-11(16)6-9(7-20-13)15(17,18)19/h6-8,10H,2-5H2,1H3,(H2,21,22,23,24)/t8-/m0/s1. The quantitative estimate of drug-likeness (QED) is 0.756. The van der Waals surface area contributed by atoms with Crippen LogP contribution in [0.3, 0.4) is 0 Å². The fraction of sp³-hybridized carbons (Fsp3) is 0.533. The average Bonchev–Trinajstić information content (AvgIpc) is 3.00.